The molecule has 0 atom stereocenters. The molecule has 0 aliphatic rings. The summed E-state index contributed by atoms with van der Waals surface area (Å²) in [6.45, 7) is 0. The average Bonchev–Trinajstić information content (AvgIpc) is 2.55. The molecule has 122 valence electrons. The minimum atomic E-state index is -0.875. The van der Waals surface area contributed by atoms with E-state index in [1.807, 2.05) is 6.07 Å². The number of ether oxygens (including phenoxy) is 2. The van der Waals surface area contributed by atoms with Gasteiger partial charge >= 0.3 is 5.97 Å². The van der Waals surface area contributed by atoms with Crippen LogP contribution in [0.1, 0.15) is 15.9 Å². The van der Waals surface area contributed by atoms with Gasteiger partial charge in [-0.25, -0.2) is 4.79 Å². The van der Waals surface area contributed by atoms with Crippen LogP contribution in [0.2, 0.25) is 10.0 Å². The summed E-state index contributed by atoms with van der Waals surface area (Å²) in [4.78, 5) is 22.3. The van der Waals surface area contributed by atoms with Crippen LogP contribution in [0.3, 0.4) is 0 Å². The number of nitrogens with zero attached hydrogens (tertiary/aromatic N) is 2. The molecule has 0 unspecified atom stereocenters. The molecule has 9 heteroatoms. The second-order valence-electron chi connectivity index (χ2n) is 4.41. The monoisotopic (exact) mass is 366 g/mol. The number of hydrogen-bond donors (Lipinski definition) is 0. The van der Waals surface area contributed by atoms with E-state index >= 15 is 0 Å². The first-order valence-corrected chi connectivity index (χ1v) is 7.06. The fourth-order valence-electron chi connectivity index (χ4n) is 1.81. The summed E-state index contributed by atoms with van der Waals surface area (Å²) in [7, 11) is 1.32. The van der Waals surface area contributed by atoms with Gasteiger partial charge in [-0.3, -0.25) is 10.1 Å². The number of halogens is 2. The molecule has 24 heavy (non-hydrogen) atoms. The van der Waals surface area contributed by atoms with Crippen molar-refractivity contribution in [2.45, 2.75) is 0 Å². The second kappa shape index (κ2) is 7.17. The van der Waals surface area contributed by atoms with E-state index in [0.29, 0.717) is 0 Å². The second-order valence-corrected chi connectivity index (χ2v) is 5.23. The van der Waals surface area contributed by atoms with Crippen LogP contribution in [-0.4, -0.2) is 18.0 Å². The molecule has 0 fully saturated rings. The van der Waals surface area contributed by atoms with Gasteiger partial charge in [-0.1, -0.05) is 23.2 Å². The lowest BCUT2D eigenvalue weighted by molar-refractivity contribution is -0.384. The Labute approximate surface area is 146 Å². The number of rotatable bonds is 4. The number of esters is 1. The number of nitriles is 1. The largest absolute Gasteiger partial charge is 0.493 e. The van der Waals surface area contributed by atoms with Crippen molar-refractivity contribution in [1.29, 1.82) is 5.26 Å². The van der Waals surface area contributed by atoms with Crippen molar-refractivity contribution < 1.29 is 19.2 Å². The third-order valence-electron chi connectivity index (χ3n) is 2.94. The molecule has 0 aliphatic heterocycles. The molecule has 0 aromatic heterocycles. The highest BCUT2D eigenvalue weighted by Crippen LogP contribution is 2.37. The minimum absolute atomic E-state index is 0.00251. The molecule has 0 bridgehead atoms. The molecule has 0 saturated carbocycles. The zero-order valence-electron chi connectivity index (χ0n) is 12.1. The highest BCUT2D eigenvalue weighted by molar-refractivity contribution is 6.34. The number of nitro groups is 1. The number of benzene rings is 2. The van der Waals surface area contributed by atoms with Gasteiger partial charge in [-0.2, -0.15) is 5.26 Å². The maximum Gasteiger partial charge on any atom is 0.345 e. The van der Waals surface area contributed by atoms with E-state index in [-0.39, 0.29) is 38.4 Å². The minimum Gasteiger partial charge on any atom is -0.493 e. The SMILES string of the molecule is COc1cc(C#N)cc(Cl)c1OC(=O)c1ccc([N+](=O)[O-])cc1Cl. The van der Waals surface area contributed by atoms with Gasteiger partial charge in [0.2, 0.25) is 0 Å². The van der Waals surface area contributed by atoms with E-state index in [9.17, 15) is 14.9 Å². The molecule has 2 aromatic rings. The van der Waals surface area contributed by atoms with Crippen LogP contribution in [0.15, 0.2) is 30.3 Å². The Morgan fingerprint density at radius 1 is 1.25 bits per heavy atom. The van der Waals surface area contributed by atoms with Crippen LogP contribution in [0.5, 0.6) is 11.5 Å². The molecule has 2 aromatic carbocycles. The molecular weight excluding hydrogens is 359 g/mol. The Bertz CT molecular complexity index is 877. The molecule has 0 spiro atoms. The van der Waals surface area contributed by atoms with Gasteiger partial charge in [0.1, 0.15) is 0 Å². The molecule has 0 radical (unpaired) electrons. The van der Waals surface area contributed by atoms with Gasteiger partial charge in [0.25, 0.3) is 5.69 Å². The first-order valence-electron chi connectivity index (χ1n) is 6.31. The van der Waals surface area contributed by atoms with Crippen LogP contribution >= 0.6 is 23.2 Å². The van der Waals surface area contributed by atoms with Gasteiger partial charge < -0.3 is 9.47 Å². The van der Waals surface area contributed by atoms with E-state index in [4.69, 9.17) is 37.9 Å². The Hall–Kier alpha value is -2.82. The van der Waals surface area contributed by atoms with Crippen molar-refractivity contribution in [3.63, 3.8) is 0 Å². The summed E-state index contributed by atoms with van der Waals surface area (Å²) in [6, 6.07) is 7.89. The molecule has 7 nitrogen and oxygen atoms in total. The van der Waals surface area contributed by atoms with Crippen LogP contribution in [0.4, 0.5) is 5.69 Å². The van der Waals surface area contributed by atoms with Gasteiger partial charge in [0.15, 0.2) is 11.5 Å². The number of hydrogen-bond acceptors (Lipinski definition) is 6. The van der Waals surface area contributed by atoms with Crippen molar-refractivity contribution >= 4 is 34.9 Å². The Balaban J connectivity index is 2.37. The summed E-state index contributed by atoms with van der Waals surface area (Å²) in [5.41, 5.74) is -0.111. The highest BCUT2D eigenvalue weighted by atomic mass is 35.5. The van der Waals surface area contributed by atoms with Crippen LogP contribution in [-0.2, 0) is 0 Å². The third-order valence-corrected chi connectivity index (χ3v) is 3.53. The van der Waals surface area contributed by atoms with Crippen LogP contribution < -0.4 is 9.47 Å². The van der Waals surface area contributed by atoms with Gasteiger partial charge in [-0.05, 0) is 12.1 Å². The molecule has 2 rings (SSSR count). The van der Waals surface area contributed by atoms with E-state index < -0.39 is 10.9 Å². The average molecular weight is 367 g/mol. The Kier molecular flexibility index (Phi) is 5.24. The normalized spacial score (nSPS) is 9.92. The summed E-state index contributed by atoms with van der Waals surface area (Å²) in [5.74, 6) is -0.872. The maximum absolute atomic E-state index is 12.2. The maximum atomic E-state index is 12.2. The fourth-order valence-corrected chi connectivity index (χ4v) is 2.32. The third kappa shape index (κ3) is 3.56. The van der Waals surface area contributed by atoms with Crippen molar-refractivity contribution in [1.82, 2.24) is 0 Å². The predicted octanol–water partition coefficient (Wildman–Crippen LogP) is 4.00. The van der Waals surface area contributed by atoms with Crippen molar-refractivity contribution in [3.8, 4) is 17.6 Å². The van der Waals surface area contributed by atoms with Crippen LogP contribution in [0.25, 0.3) is 0 Å². The summed E-state index contributed by atoms with van der Waals surface area (Å²) in [6.07, 6.45) is 0. The number of nitro benzene ring substituents is 1. The van der Waals surface area contributed by atoms with Gasteiger partial charge in [0, 0.05) is 18.2 Å². The topological polar surface area (TPSA) is 102 Å². The summed E-state index contributed by atoms with van der Waals surface area (Å²) in [5, 5.41) is 19.4. The number of non-ortho nitro benzene ring substituents is 1. The van der Waals surface area contributed by atoms with E-state index in [1.54, 1.807) is 0 Å². The van der Waals surface area contributed by atoms with Crippen molar-refractivity contribution in [2.75, 3.05) is 7.11 Å². The first kappa shape index (κ1) is 17.5. The van der Waals surface area contributed by atoms with Crippen molar-refractivity contribution in [3.05, 3.63) is 61.6 Å². The summed E-state index contributed by atoms with van der Waals surface area (Å²) >= 11 is 11.9. The molecule has 0 N–H and O–H groups in total. The molecule has 0 amide bonds. The van der Waals surface area contributed by atoms with Crippen molar-refractivity contribution in [2.24, 2.45) is 0 Å². The number of carbonyl (C=O) groups excluding carboxylic acids is 1. The smallest absolute Gasteiger partial charge is 0.345 e. The van der Waals surface area contributed by atoms with Gasteiger partial charge in [0.05, 0.1) is 39.3 Å². The lowest BCUT2D eigenvalue weighted by Gasteiger charge is -2.11. The molecule has 0 aliphatic carbocycles. The summed E-state index contributed by atoms with van der Waals surface area (Å²) < 4.78 is 10.2. The van der Waals surface area contributed by atoms with E-state index in [2.05, 4.69) is 0 Å². The van der Waals surface area contributed by atoms with E-state index in [0.717, 1.165) is 12.1 Å². The quantitative estimate of drug-likeness (QED) is 0.350. The standard InChI is InChI=1S/C15H8Cl2N2O5/c1-23-13-5-8(7-18)4-12(17)14(13)24-15(20)10-3-2-9(19(21)22)6-11(10)16/h2-6H,1H3. The zero-order valence-corrected chi connectivity index (χ0v) is 13.6. The molecule has 0 saturated heterocycles. The number of methoxy groups -OCH3 is 1. The lowest BCUT2D eigenvalue weighted by atomic mass is 10.2. The van der Waals surface area contributed by atoms with E-state index in [1.165, 1.54) is 25.3 Å². The van der Waals surface area contributed by atoms with Crippen LogP contribution in [0, 0.1) is 21.4 Å². The predicted molar refractivity (Wildman–Crippen MR) is 85.8 cm³/mol. The molecule has 0 heterocycles. The number of carbonyl (C=O) groups is 1. The Morgan fingerprint density at radius 3 is 2.50 bits per heavy atom. The molecular formula is C15H8Cl2N2O5. The zero-order chi connectivity index (χ0) is 17.9. The lowest BCUT2D eigenvalue weighted by Crippen LogP contribution is -2.10. The Morgan fingerprint density at radius 2 is 1.96 bits per heavy atom. The fraction of sp³-hybridized carbons (Fsp3) is 0.0667. The first-order chi connectivity index (χ1) is 11.4. The van der Waals surface area contributed by atoms with Gasteiger partial charge in [-0.15, -0.1) is 0 Å². The highest BCUT2D eigenvalue weighted by Gasteiger charge is 2.20.